The van der Waals surface area contributed by atoms with E-state index in [1.165, 1.54) is 51.6 Å². The lowest BCUT2D eigenvalue weighted by molar-refractivity contribution is 0.130. The molecule has 2 N–H and O–H groups in total. The summed E-state index contributed by atoms with van der Waals surface area (Å²) in [6.45, 7) is 7.51. The first-order valence-corrected chi connectivity index (χ1v) is 10.1. The highest BCUT2D eigenvalue weighted by atomic mass is 32.2. The molecule has 0 radical (unpaired) electrons. The molecule has 0 aliphatic carbocycles. The Morgan fingerprint density at radius 1 is 1.05 bits per heavy atom. The molecular weight excluding hydrogens is 286 g/mol. The molecule has 5 nitrogen and oxygen atoms in total. The van der Waals surface area contributed by atoms with E-state index in [1.807, 2.05) is 0 Å². The van der Waals surface area contributed by atoms with Crippen molar-refractivity contribution in [1.29, 1.82) is 0 Å². The Labute approximate surface area is 129 Å². The van der Waals surface area contributed by atoms with Crippen molar-refractivity contribution < 1.29 is 8.42 Å². The van der Waals surface area contributed by atoms with Crippen molar-refractivity contribution in [1.82, 2.24) is 9.80 Å². The van der Waals surface area contributed by atoms with Crippen LogP contribution in [0, 0.1) is 5.92 Å². The molecule has 2 heterocycles. The van der Waals surface area contributed by atoms with Crippen molar-refractivity contribution in [2.24, 2.45) is 11.1 Å². The smallest absolute Gasteiger partial charge is 0.210 e. The van der Waals surface area contributed by atoms with Gasteiger partial charge in [-0.3, -0.25) is 0 Å². The maximum atomic E-state index is 11.0. The van der Waals surface area contributed by atoms with Crippen LogP contribution in [0.4, 0.5) is 0 Å². The number of hydrogen-bond acceptors (Lipinski definition) is 4. The van der Waals surface area contributed by atoms with Crippen LogP contribution in [-0.4, -0.2) is 62.7 Å². The zero-order valence-electron chi connectivity index (χ0n) is 13.3. The number of sulfonamides is 1. The number of likely N-dealkylation sites (tertiary alicyclic amines) is 2. The molecule has 2 fully saturated rings. The predicted molar refractivity (Wildman–Crippen MR) is 86.6 cm³/mol. The van der Waals surface area contributed by atoms with Gasteiger partial charge in [0.15, 0.2) is 0 Å². The number of nitrogens with two attached hydrogens (primary N) is 1. The Hall–Kier alpha value is -0.170. The predicted octanol–water partition coefficient (Wildman–Crippen LogP) is 1.25. The van der Waals surface area contributed by atoms with Crippen LogP contribution < -0.4 is 5.14 Å². The van der Waals surface area contributed by atoms with E-state index in [2.05, 4.69) is 16.7 Å². The van der Waals surface area contributed by atoms with Gasteiger partial charge in [-0.1, -0.05) is 6.42 Å². The van der Waals surface area contributed by atoms with Crippen molar-refractivity contribution in [2.45, 2.75) is 51.5 Å². The second kappa shape index (κ2) is 7.90. The fourth-order valence-corrected chi connectivity index (χ4v) is 4.11. The highest BCUT2D eigenvalue weighted by Gasteiger charge is 2.23. The molecule has 0 saturated carbocycles. The van der Waals surface area contributed by atoms with Gasteiger partial charge in [0.1, 0.15) is 0 Å². The fourth-order valence-electron chi connectivity index (χ4n) is 3.59. The topological polar surface area (TPSA) is 66.6 Å². The Bertz CT molecular complexity index is 405. The van der Waals surface area contributed by atoms with Crippen molar-refractivity contribution >= 4 is 10.0 Å². The van der Waals surface area contributed by atoms with Crippen molar-refractivity contribution in [3.05, 3.63) is 0 Å². The highest BCUT2D eigenvalue weighted by Crippen LogP contribution is 2.23. The minimum absolute atomic E-state index is 0.0863. The molecule has 124 valence electrons. The van der Waals surface area contributed by atoms with Crippen LogP contribution in [-0.2, 0) is 10.0 Å². The zero-order valence-corrected chi connectivity index (χ0v) is 14.2. The maximum Gasteiger partial charge on any atom is 0.210 e. The van der Waals surface area contributed by atoms with Gasteiger partial charge in [0.25, 0.3) is 0 Å². The summed E-state index contributed by atoms with van der Waals surface area (Å²) in [6.07, 6.45) is 7.80. The lowest BCUT2D eigenvalue weighted by Gasteiger charge is -2.36. The molecule has 0 aromatic carbocycles. The van der Waals surface area contributed by atoms with Gasteiger partial charge in [0.2, 0.25) is 10.0 Å². The molecule has 0 spiro atoms. The van der Waals surface area contributed by atoms with Crippen LogP contribution in [0.15, 0.2) is 0 Å². The molecule has 2 aliphatic heterocycles. The van der Waals surface area contributed by atoms with Gasteiger partial charge in [-0.25, -0.2) is 13.6 Å². The molecule has 6 heteroatoms. The number of primary sulfonamides is 1. The molecule has 0 aromatic rings. The Morgan fingerprint density at radius 2 is 1.76 bits per heavy atom. The molecule has 21 heavy (non-hydrogen) atoms. The number of rotatable bonds is 6. The highest BCUT2D eigenvalue weighted by molar-refractivity contribution is 7.89. The van der Waals surface area contributed by atoms with E-state index in [4.69, 9.17) is 5.14 Å². The van der Waals surface area contributed by atoms with Gasteiger partial charge < -0.3 is 9.80 Å². The summed E-state index contributed by atoms with van der Waals surface area (Å²) in [5.41, 5.74) is 0. The molecule has 0 unspecified atom stereocenters. The summed E-state index contributed by atoms with van der Waals surface area (Å²) in [6, 6.07) is 0.758. The number of piperidine rings is 2. The van der Waals surface area contributed by atoms with E-state index in [-0.39, 0.29) is 5.75 Å². The Morgan fingerprint density at radius 3 is 2.38 bits per heavy atom. The zero-order chi connectivity index (χ0) is 15.3. The fraction of sp³-hybridized carbons (Fsp3) is 1.00. The number of hydrogen-bond donors (Lipinski definition) is 1. The van der Waals surface area contributed by atoms with Gasteiger partial charge in [-0.2, -0.15) is 0 Å². The van der Waals surface area contributed by atoms with Crippen molar-refractivity contribution in [3.8, 4) is 0 Å². The van der Waals surface area contributed by atoms with Crippen molar-refractivity contribution in [3.63, 3.8) is 0 Å². The van der Waals surface area contributed by atoms with E-state index in [0.717, 1.165) is 25.0 Å². The first-order valence-electron chi connectivity index (χ1n) is 8.41. The van der Waals surface area contributed by atoms with Gasteiger partial charge in [-0.05, 0) is 71.1 Å². The largest absolute Gasteiger partial charge is 0.302 e. The molecular formula is C15H31N3O2S. The minimum atomic E-state index is -3.32. The number of nitrogens with zero attached hydrogens (tertiary/aromatic N) is 2. The van der Waals surface area contributed by atoms with Crippen LogP contribution in [0.5, 0.6) is 0 Å². The van der Waals surface area contributed by atoms with Crippen LogP contribution in [0.1, 0.15) is 45.4 Å². The first-order chi connectivity index (χ1) is 9.94. The van der Waals surface area contributed by atoms with Crippen molar-refractivity contribution in [2.75, 3.05) is 38.5 Å². The first kappa shape index (κ1) is 17.2. The standard InChI is InChI=1S/C15H31N3O2S/c1-14-4-2-3-8-18(14)11-7-15-5-9-17(10-6-15)12-13-21(16,19)20/h14-15H,2-13H2,1H3,(H2,16,19,20)/t14-/m0/s1. The van der Waals surface area contributed by atoms with E-state index >= 15 is 0 Å². The lowest BCUT2D eigenvalue weighted by Crippen LogP contribution is -2.41. The van der Waals surface area contributed by atoms with Gasteiger partial charge in [-0.15, -0.1) is 0 Å². The third kappa shape index (κ3) is 6.22. The van der Waals surface area contributed by atoms with Gasteiger partial charge in [0, 0.05) is 12.6 Å². The van der Waals surface area contributed by atoms with E-state index in [0.29, 0.717) is 6.54 Å². The van der Waals surface area contributed by atoms with Gasteiger partial charge in [0.05, 0.1) is 5.75 Å². The molecule has 2 rings (SSSR count). The summed E-state index contributed by atoms with van der Waals surface area (Å²) < 4.78 is 22.0. The summed E-state index contributed by atoms with van der Waals surface area (Å²) in [4.78, 5) is 4.89. The Balaban J connectivity index is 1.62. The Kier molecular flexibility index (Phi) is 6.47. The second-order valence-corrected chi connectivity index (χ2v) is 8.56. The average Bonchev–Trinajstić information content (AvgIpc) is 2.45. The van der Waals surface area contributed by atoms with Crippen LogP contribution in [0.3, 0.4) is 0 Å². The summed E-state index contributed by atoms with van der Waals surface area (Å²) in [5, 5.41) is 5.06. The van der Waals surface area contributed by atoms with E-state index in [1.54, 1.807) is 0 Å². The summed E-state index contributed by atoms with van der Waals surface area (Å²) >= 11 is 0. The SMILES string of the molecule is C[C@H]1CCCCN1CCC1CCN(CCS(N)(=O)=O)CC1. The monoisotopic (exact) mass is 317 g/mol. The molecule has 0 amide bonds. The van der Waals surface area contributed by atoms with E-state index < -0.39 is 10.0 Å². The molecule has 0 aromatic heterocycles. The van der Waals surface area contributed by atoms with Gasteiger partial charge >= 0.3 is 0 Å². The normalized spacial score (nSPS) is 27.0. The molecule has 2 aliphatic rings. The lowest BCUT2D eigenvalue weighted by atomic mass is 9.92. The van der Waals surface area contributed by atoms with E-state index in [9.17, 15) is 8.42 Å². The molecule has 0 bridgehead atoms. The average molecular weight is 317 g/mol. The quantitative estimate of drug-likeness (QED) is 0.801. The second-order valence-electron chi connectivity index (χ2n) is 6.82. The summed E-state index contributed by atoms with van der Waals surface area (Å²) in [5.74, 6) is 0.896. The van der Waals surface area contributed by atoms with Crippen LogP contribution >= 0.6 is 0 Å². The third-order valence-electron chi connectivity index (χ3n) is 5.16. The third-order valence-corrected chi connectivity index (χ3v) is 5.92. The maximum absolute atomic E-state index is 11.0. The van der Waals surface area contributed by atoms with Crippen LogP contribution in [0.2, 0.25) is 0 Å². The molecule has 2 saturated heterocycles. The van der Waals surface area contributed by atoms with Crippen LogP contribution in [0.25, 0.3) is 0 Å². The minimum Gasteiger partial charge on any atom is -0.302 e. The summed E-state index contributed by atoms with van der Waals surface area (Å²) in [7, 11) is -3.32. The molecule has 1 atom stereocenters.